The van der Waals surface area contributed by atoms with E-state index in [0.717, 1.165) is 44.6 Å². The lowest BCUT2D eigenvalue weighted by Crippen LogP contribution is -2.32. The Morgan fingerprint density at radius 3 is 2.68 bits per heavy atom. The molecule has 2 saturated heterocycles. The van der Waals surface area contributed by atoms with Crippen molar-refractivity contribution in [1.82, 2.24) is 9.80 Å². The van der Waals surface area contributed by atoms with E-state index >= 15 is 0 Å². The van der Waals surface area contributed by atoms with E-state index in [1.807, 2.05) is 17.0 Å². The van der Waals surface area contributed by atoms with Gasteiger partial charge in [-0.05, 0) is 19.4 Å². The Hall–Kier alpha value is -1.95. The number of amides is 1. The van der Waals surface area contributed by atoms with Gasteiger partial charge in [-0.3, -0.25) is 19.8 Å². The minimum atomic E-state index is -0.311. The first-order valence-corrected chi connectivity index (χ1v) is 7.69. The summed E-state index contributed by atoms with van der Waals surface area (Å²) in [5.41, 5.74) is 1.15. The largest absolute Gasteiger partial charge is 0.342 e. The number of nitro benzene ring substituents is 1. The zero-order valence-electron chi connectivity index (χ0n) is 12.8. The van der Waals surface area contributed by atoms with Crippen LogP contribution in [0.5, 0.6) is 0 Å². The average Bonchev–Trinajstić information content (AvgIpc) is 3.07. The number of nitro groups is 1. The maximum atomic E-state index is 11.5. The van der Waals surface area contributed by atoms with Gasteiger partial charge in [-0.2, -0.15) is 0 Å². The molecule has 6 heteroatoms. The van der Waals surface area contributed by atoms with Gasteiger partial charge in [0.2, 0.25) is 5.91 Å². The summed E-state index contributed by atoms with van der Waals surface area (Å²) in [5, 5.41) is 11.1. The molecular formula is C16H21N3O3. The highest BCUT2D eigenvalue weighted by Crippen LogP contribution is 2.40. The predicted molar refractivity (Wildman–Crippen MR) is 82.3 cm³/mol. The fourth-order valence-corrected chi connectivity index (χ4v) is 3.76. The molecule has 1 atom stereocenters. The molecule has 0 N–H and O–H groups in total. The number of carbonyl (C=O) groups excluding carboxylic acids is 1. The van der Waals surface area contributed by atoms with Crippen molar-refractivity contribution in [1.29, 1.82) is 0 Å². The molecule has 0 aliphatic carbocycles. The SMILES string of the molecule is CC(=O)N1CC[C@@]2(CCN(Cc3ccccc3[N+](=O)[O-])C2)C1. The van der Waals surface area contributed by atoms with Gasteiger partial charge in [0.05, 0.1) is 4.92 Å². The molecule has 0 aromatic heterocycles. The zero-order chi connectivity index (χ0) is 15.7. The van der Waals surface area contributed by atoms with Crippen LogP contribution in [0.25, 0.3) is 0 Å². The third-order valence-corrected chi connectivity index (χ3v) is 4.98. The quantitative estimate of drug-likeness (QED) is 0.633. The molecule has 2 aliphatic heterocycles. The van der Waals surface area contributed by atoms with Gasteiger partial charge in [0.15, 0.2) is 0 Å². The number of rotatable bonds is 3. The van der Waals surface area contributed by atoms with Crippen LogP contribution < -0.4 is 0 Å². The summed E-state index contributed by atoms with van der Waals surface area (Å²) in [5.74, 6) is 0.147. The van der Waals surface area contributed by atoms with Crippen LogP contribution in [-0.4, -0.2) is 46.8 Å². The molecule has 1 spiro atoms. The standard InChI is InChI=1S/C16H21N3O3/c1-13(20)18-9-7-16(12-18)6-8-17(11-16)10-14-4-2-3-5-15(14)19(21)22/h2-5H,6-12H2,1H3/t16-/m1/s1. The fraction of sp³-hybridized carbons (Fsp3) is 0.562. The summed E-state index contributed by atoms with van der Waals surface area (Å²) in [7, 11) is 0. The predicted octanol–water partition coefficient (Wildman–Crippen LogP) is 2.04. The van der Waals surface area contributed by atoms with Crippen LogP contribution in [0.15, 0.2) is 24.3 Å². The number of likely N-dealkylation sites (tertiary alicyclic amines) is 2. The van der Waals surface area contributed by atoms with Crippen molar-refractivity contribution >= 4 is 11.6 Å². The van der Waals surface area contributed by atoms with E-state index < -0.39 is 0 Å². The van der Waals surface area contributed by atoms with Crippen LogP contribution in [0.2, 0.25) is 0 Å². The normalized spacial score (nSPS) is 25.0. The summed E-state index contributed by atoms with van der Waals surface area (Å²) in [4.78, 5) is 26.5. The van der Waals surface area contributed by atoms with Crippen LogP contribution in [0.3, 0.4) is 0 Å². The Morgan fingerprint density at radius 1 is 1.27 bits per heavy atom. The van der Waals surface area contributed by atoms with Gasteiger partial charge < -0.3 is 4.90 Å². The lowest BCUT2D eigenvalue weighted by molar-refractivity contribution is -0.385. The van der Waals surface area contributed by atoms with Crippen LogP contribution >= 0.6 is 0 Å². The summed E-state index contributed by atoms with van der Waals surface area (Å²) >= 11 is 0. The van der Waals surface area contributed by atoms with E-state index in [1.54, 1.807) is 19.1 Å². The number of nitrogens with zero attached hydrogens (tertiary/aromatic N) is 3. The Labute approximate surface area is 129 Å². The Balaban J connectivity index is 1.67. The molecule has 22 heavy (non-hydrogen) atoms. The Morgan fingerprint density at radius 2 is 2.00 bits per heavy atom. The third kappa shape index (κ3) is 2.83. The second kappa shape index (κ2) is 5.68. The Kier molecular flexibility index (Phi) is 3.87. The van der Waals surface area contributed by atoms with E-state index in [4.69, 9.17) is 0 Å². The summed E-state index contributed by atoms with van der Waals surface area (Å²) in [6.45, 7) is 5.77. The molecule has 0 radical (unpaired) electrons. The van der Waals surface area contributed by atoms with Crippen molar-refractivity contribution in [3.63, 3.8) is 0 Å². The smallest absolute Gasteiger partial charge is 0.273 e. The van der Waals surface area contributed by atoms with Crippen molar-refractivity contribution in [2.24, 2.45) is 5.41 Å². The molecule has 1 aromatic carbocycles. The first-order chi connectivity index (χ1) is 10.5. The second-order valence-corrected chi connectivity index (χ2v) is 6.54. The average molecular weight is 303 g/mol. The number of hydrogen-bond donors (Lipinski definition) is 0. The topological polar surface area (TPSA) is 66.7 Å². The molecule has 0 saturated carbocycles. The van der Waals surface area contributed by atoms with Crippen LogP contribution in [0.4, 0.5) is 5.69 Å². The highest BCUT2D eigenvalue weighted by Gasteiger charge is 2.44. The van der Waals surface area contributed by atoms with E-state index in [1.165, 1.54) is 0 Å². The maximum absolute atomic E-state index is 11.5. The molecular weight excluding hydrogens is 282 g/mol. The van der Waals surface area contributed by atoms with Crippen molar-refractivity contribution in [2.45, 2.75) is 26.3 Å². The number of benzene rings is 1. The molecule has 3 rings (SSSR count). The van der Waals surface area contributed by atoms with Gasteiger partial charge in [0.25, 0.3) is 5.69 Å². The van der Waals surface area contributed by atoms with E-state index in [2.05, 4.69) is 4.90 Å². The van der Waals surface area contributed by atoms with Crippen LogP contribution in [0, 0.1) is 15.5 Å². The lowest BCUT2D eigenvalue weighted by Gasteiger charge is -2.24. The minimum Gasteiger partial charge on any atom is -0.342 e. The van der Waals surface area contributed by atoms with Gasteiger partial charge in [0, 0.05) is 50.1 Å². The second-order valence-electron chi connectivity index (χ2n) is 6.54. The summed E-state index contributed by atoms with van der Waals surface area (Å²) < 4.78 is 0. The van der Waals surface area contributed by atoms with Gasteiger partial charge in [0.1, 0.15) is 0 Å². The highest BCUT2D eigenvalue weighted by molar-refractivity contribution is 5.73. The monoisotopic (exact) mass is 303 g/mol. The van der Waals surface area contributed by atoms with Crippen molar-refractivity contribution < 1.29 is 9.72 Å². The molecule has 1 aromatic rings. The summed E-state index contributed by atoms with van der Waals surface area (Å²) in [6, 6.07) is 6.95. The van der Waals surface area contributed by atoms with E-state index in [0.29, 0.717) is 6.54 Å². The first-order valence-electron chi connectivity index (χ1n) is 7.69. The van der Waals surface area contributed by atoms with E-state index in [-0.39, 0.29) is 21.9 Å². The van der Waals surface area contributed by atoms with Crippen molar-refractivity contribution in [3.05, 3.63) is 39.9 Å². The van der Waals surface area contributed by atoms with E-state index in [9.17, 15) is 14.9 Å². The highest BCUT2D eigenvalue weighted by atomic mass is 16.6. The molecule has 2 heterocycles. The molecule has 2 aliphatic rings. The Bertz CT molecular complexity index is 604. The minimum absolute atomic E-state index is 0.147. The van der Waals surface area contributed by atoms with Gasteiger partial charge in [-0.25, -0.2) is 0 Å². The van der Waals surface area contributed by atoms with Gasteiger partial charge in [-0.1, -0.05) is 18.2 Å². The van der Waals surface area contributed by atoms with Crippen molar-refractivity contribution in [2.75, 3.05) is 26.2 Å². The van der Waals surface area contributed by atoms with Crippen LogP contribution in [0.1, 0.15) is 25.3 Å². The number of hydrogen-bond acceptors (Lipinski definition) is 4. The first kappa shape index (κ1) is 15.0. The molecule has 1 amide bonds. The molecule has 2 fully saturated rings. The number of para-hydroxylation sites is 1. The van der Waals surface area contributed by atoms with Crippen LogP contribution in [-0.2, 0) is 11.3 Å². The summed E-state index contributed by atoms with van der Waals surface area (Å²) in [6.07, 6.45) is 2.11. The van der Waals surface area contributed by atoms with Gasteiger partial charge >= 0.3 is 0 Å². The molecule has 0 bridgehead atoms. The molecule has 6 nitrogen and oxygen atoms in total. The lowest BCUT2D eigenvalue weighted by atomic mass is 9.86. The number of carbonyl (C=O) groups is 1. The van der Waals surface area contributed by atoms with Gasteiger partial charge in [-0.15, -0.1) is 0 Å². The zero-order valence-corrected chi connectivity index (χ0v) is 12.8. The molecule has 0 unspecified atom stereocenters. The third-order valence-electron chi connectivity index (χ3n) is 4.98. The fourth-order valence-electron chi connectivity index (χ4n) is 3.76. The van der Waals surface area contributed by atoms with Crippen molar-refractivity contribution in [3.8, 4) is 0 Å². The molecule has 118 valence electrons. The maximum Gasteiger partial charge on any atom is 0.273 e.